The maximum atomic E-state index is 13.2. The largest absolute Gasteiger partial charge is 0.453 e. The SMILES string of the molecule is CCN(Cc1ccccc1)S(=O)(=O)c1ccc(C(=O)Nc2sc3c(c2C#N)CCN(C(=O)OC)C3)cc1. The number of nitrogens with one attached hydrogen (secondary N) is 1. The van der Waals surface area contributed by atoms with Crippen LogP contribution in [0, 0.1) is 11.3 Å². The minimum Gasteiger partial charge on any atom is -0.453 e. The number of amides is 2. The smallest absolute Gasteiger partial charge is 0.409 e. The molecule has 0 radical (unpaired) electrons. The van der Waals surface area contributed by atoms with E-state index in [1.807, 2.05) is 30.3 Å². The third kappa shape index (κ3) is 5.51. The number of fused-ring (bicyclic) bond motifs is 1. The number of hydrogen-bond donors (Lipinski definition) is 1. The fraction of sp³-hybridized carbons (Fsp3) is 0.269. The fourth-order valence-electron chi connectivity index (χ4n) is 4.15. The number of nitriles is 1. The second-order valence-corrected chi connectivity index (χ2v) is 11.4. The van der Waals surface area contributed by atoms with Gasteiger partial charge < -0.3 is 15.0 Å². The highest BCUT2D eigenvalue weighted by molar-refractivity contribution is 7.89. The maximum absolute atomic E-state index is 13.2. The zero-order chi connectivity index (χ0) is 26.6. The summed E-state index contributed by atoms with van der Waals surface area (Å²) < 4.78 is 32.5. The molecule has 9 nitrogen and oxygen atoms in total. The molecule has 0 aliphatic carbocycles. The lowest BCUT2D eigenvalue weighted by molar-refractivity contribution is 0.102. The standard InChI is InChI=1S/C26H26N4O5S2/c1-3-30(16-18-7-5-4-6-8-18)37(33,34)20-11-9-19(10-12-20)24(31)28-25-22(15-27)21-13-14-29(26(32)35-2)17-23(21)36-25/h4-12H,3,13-14,16-17H2,1-2H3,(H,28,31). The quantitative estimate of drug-likeness (QED) is 0.481. The predicted octanol–water partition coefficient (Wildman–Crippen LogP) is 4.21. The van der Waals surface area contributed by atoms with Crippen LogP contribution in [-0.4, -0.2) is 49.8 Å². The Morgan fingerprint density at radius 2 is 1.86 bits per heavy atom. The molecule has 37 heavy (non-hydrogen) atoms. The molecule has 2 heterocycles. The molecular weight excluding hydrogens is 512 g/mol. The number of carbonyl (C=O) groups excluding carboxylic acids is 2. The van der Waals surface area contributed by atoms with Crippen LogP contribution in [0.4, 0.5) is 9.80 Å². The van der Waals surface area contributed by atoms with Gasteiger partial charge in [0, 0.05) is 30.1 Å². The molecular formula is C26H26N4O5S2. The van der Waals surface area contributed by atoms with Gasteiger partial charge in [0.05, 0.1) is 24.1 Å². The van der Waals surface area contributed by atoms with Crippen molar-refractivity contribution in [2.24, 2.45) is 0 Å². The van der Waals surface area contributed by atoms with E-state index >= 15 is 0 Å². The average Bonchev–Trinajstić information content (AvgIpc) is 3.27. The number of carbonyl (C=O) groups is 2. The van der Waals surface area contributed by atoms with Gasteiger partial charge in [-0.2, -0.15) is 9.57 Å². The van der Waals surface area contributed by atoms with Crippen LogP contribution in [0.1, 0.15) is 38.8 Å². The van der Waals surface area contributed by atoms with Crippen molar-refractivity contribution in [1.82, 2.24) is 9.21 Å². The highest BCUT2D eigenvalue weighted by atomic mass is 32.2. The van der Waals surface area contributed by atoms with Crippen LogP contribution in [0.15, 0.2) is 59.5 Å². The van der Waals surface area contributed by atoms with Gasteiger partial charge in [-0.25, -0.2) is 13.2 Å². The first-order chi connectivity index (χ1) is 17.8. The molecule has 3 aromatic rings. The normalized spacial score (nSPS) is 13.1. The summed E-state index contributed by atoms with van der Waals surface area (Å²) in [6.45, 7) is 3.05. The Kier molecular flexibility index (Phi) is 7.92. The molecule has 0 fully saturated rings. The molecule has 2 aromatic carbocycles. The molecule has 2 amide bonds. The summed E-state index contributed by atoms with van der Waals surface area (Å²) >= 11 is 1.25. The van der Waals surface area contributed by atoms with Gasteiger partial charge in [-0.1, -0.05) is 37.3 Å². The summed E-state index contributed by atoms with van der Waals surface area (Å²) in [4.78, 5) is 27.3. The van der Waals surface area contributed by atoms with Crippen molar-refractivity contribution < 1.29 is 22.7 Å². The minimum absolute atomic E-state index is 0.0917. The summed E-state index contributed by atoms with van der Waals surface area (Å²) in [5.41, 5.74) is 2.35. The Morgan fingerprint density at radius 1 is 1.16 bits per heavy atom. The summed E-state index contributed by atoms with van der Waals surface area (Å²) in [5, 5.41) is 12.9. The first-order valence-electron chi connectivity index (χ1n) is 11.6. The molecule has 0 atom stereocenters. The number of rotatable bonds is 7. The van der Waals surface area contributed by atoms with Gasteiger partial charge in [-0.15, -0.1) is 11.3 Å². The third-order valence-electron chi connectivity index (χ3n) is 6.14. The number of benzene rings is 2. The van der Waals surface area contributed by atoms with Crippen LogP contribution in [0.3, 0.4) is 0 Å². The Bertz CT molecular complexity index is 1440. The van der Waals surface area contributed by atoms with Gasteiger partial charge in [0.15, 0.2) is 0 Å². The van der Waals surface area contributed by atoms with E-state index in [4.69, 9.17) is 4.74 Å². The molecule has 0 saturated heterocycles. The van der Waals surface area contributed by atoms with Crippen molar-refractivity contribution in [2.45, 2.75) is 31.3 Å². The van der Waals surface area contributed by atoms with Crippen LogP contribution in [0.2, 0.25) is 0 Å². The fourth-order valence-corrected chi connectivity index (χ4v) is 6.80. The van der Waals surface area contributed by atoms with E-state index in [1.54, 1.807) is 11.8 Å². The summed E-state index contributed by atoms with van der Waals surface area (Å²) in [6, 6.07) is 17.2. The summed E-state index contributed by atoms with van der Waals surface area (Å²) in [7, 11) is -2.44. The zero-order valence-electron chi connectivity index (χ0n) is 20.4. The molecule has 0 bridgehead atoms. The van der Waals surface area contributed by atoms with E-state index < -0.39 is 22.0 Å². The van der Waals surface area contributed by atoms with Crippen LogP contribution >= 0.6 is 11.3 Å². The second kappa shape index (κ2) is 11.1. The minimum atomic E-state index is -3.76. The van der Waals surface area contributed by atoms with Crippen LogP contribution in [0.5, 0.6) is 0 Å². The lowest BCUT2D eigenvalue weighted by Gasteiger charge is -2.25. The van der Waals surface area contributed by atoms with Crippen molar-refractivity contribution in [3.8, 4) is 6.07 Å². The first-order valence-corrected chi connectivity index (χ1v) is 13.9. The third-order valence-corrected chi connectivity index (χ3v) is 9.20. The molecule has 192 valence electrons. The number of ether oxygens (including phenoxy) is 1. The molecule has 11 heteroatoms. The Hall–Kier alpha value is -3.72. The van der Waals surface area contributed by atoms with Crippen LogP contribution in [0.25, 0.3) is 0 Å². The van der Waals surface area contributed by atoms with Gasteiger partial charge in [0.2, 0.25) is 10.0 Å². The highest BCUT2D eigenvalue weighted by Crippen LogP contribution is 2.37. The topological polar surface area (TPSA) is 120 Å². The molecule has 1 aliphatic heterocycles. The number of anilines is 1. The van der Waals surface area contributed by atoms with E-state index in [9.17, 15) is 23.3 Å². The Balaban J connectivity index is 1.50. The Morgan fingerprint density at radius 3 is 2.49 bits per heavy atom. The van der Waals surface area contributed by atoms with E-state index in [1.165, 1.54) is 47.0 Å². The van der Waals surface area contributed by atoms with Gasteiger partial charge >= 0.3 is 6.09 Å². The van der Waals surface area contributed by atoms with E-state index in [-0.39, 0.29) is 17.0 Å². The molecule has 1 N–H and O–H groups in total. The number of nitrogens with zero attached hydrogens (tertiary/aromatic N) is 3. The lowest BCUT2D eigenvalue weighted by atomic mass is 10.0. The van der Waals surface area contributed by atoms with Crippen LogP contribution in [-0.2, 0) is 34.3 Å². The first kappa shape index (κ1) is 26.3. The van der Waals surface area contributed by atoms with Crippen molar-refractivity contribution in [3.05, 3.63) is 81.7 Å². The molecule has 1 aromatic heterocycles. The zero-order valence-corrected chi connectivity index (χ0v) is 22.1. The van der Waals surface area contributed by atoms with Crippen molar-refractivity contribution in [1.29, 1.82) is 5.26 Å². The summed E-state index contributed by atoms with van der Waals surface area (Å²) in [6.07, 6.45) is 0.0481. The van der Waals surface area contributed by atoms with Gasteiger partial charge in [0.25, 0.3) is 5.91 Å². The maximum Gasteiger partial charge on any atom is 0.409 e. The number of methoxy groups -OCH3 is 1. The number of thiophene rings is 1. The molecule has 0 saturated carbocycles. The molecule has 0 unspecified atom stereocenters. The monoisotopic (exact) mass is 538 g/mol. The lowest BCUT2D eigenvalue weighted by Crippen LogP contribution is -2.35. The van der Waals surface area contributed by atoms with Crippen molar-refractivity contribution in [3.63, 3.8) is 0 Å². The van der Waals surface area contributed by atoms with E-state index in [0.29, 0.717) is 36.6 Å². The average molecular weight is 539 g/mol. The molecule has 4 rings (SSSR count). The number of hydrogen-bond acceptors (Lipinski definition) is 7. The predicted molar refractivity (Wildman–Crippen MR) is 140 cm³/mol. The van der Waals surface area contributed by atoms with Gasteiger partial charge in [0.1, 0.15) is 11.1 Å². The molecule has 1 aliphatic rings. The molecule has 0 spiro atoms. The van der Waals surface area contributed by atoms with Crippen LogP contribution < -0.4 is 5.32 Å². The van der Waals surface area contributed by atoms with E-state index in [2.05, 4.69) is 11.4 Å². The van der Waals surface area contributed by atoms with Gasteiger partial charge in [-0.3, -0.25) is 4.79 Å². The second-order valence-electron chi connectivity index (χ2n) is 8.36. The van der Waals surface area contributed by atoms with E-state index in [0.717, 1.165) is 16.0 Å². The van der Waals surface area contributed by atoms with Crippen molar-refractivity contribution >= 4 is 38.4 Å². The Labute approximate surface area is 219 Å². The van der Waals surface area contributed by atoms with Crippen molar-refractivity contribution in [2.75, 3.05) is 25.5 Å². The number of sulfonamides is 1. The van der Waals surface area contributed by atoms with Gasteiger partial charge in [-0.05, 0) is 41.8 Å². The highest BCUT2D eigenvalue weighted by Gasteiger charge is 2.28. The summed E-state index contributed by atoms with van der Waals surface area (Å²) in [5.74, 6) is -0.458.